The molecule has 1 atom stereocenters. The molecule has 5 nitrogen and oxygen atoms in total. The second kappa shape index (κ2) is 7.46. The molecule has 9 heteroatoms. The van der Waals surface area contributed by atoms with Crippen LogP contribution in [-0.4, -0.2) is 36.8 Å². The van der Waals surface area contributed by atoms with E-state index in [1.54, 1.807) is 17.5 Å². The topological polar surface area (TPSA) is 66.8 Å². The number of ether oxygens (including phenoxy) is 1. The van der Waals surface area contributed by atoms with Crippen LogP contribution in [0.1, 0.15) is 22.2 Å². The first-order valence-corrected chi connectivity index (χ1v) is 8.39. The molecule has 0 unspecified atom stereocenters. The predicted molar refractivity (Wildman–Crippen MR) is 90.1 cm³/mol. The number of hydrogen-bond acceptors (Lipinski definition) is 5. The first kappa shape index (κ1) is 19.9. The Hall–Kier alpha value is -2.39. The fourth-order valence-corrected chi connectivity index (χ4v) is 2.94. The van der Waals surface area contributed by atoms with Gasteiger partial charge in [-0.3, -0.25) is 4.79 Å². The van der Waals surface area contributed by atoms with E-state index < -0.39 is 23.3 Å². The minimum Gasteiger partial charge on any atom is -0.463 e. The Labute approximate surface area is 151 Å². The van der Waals surface area contributed by atoms with Crippen LogP contribution in [-0.2, 0) is 15.1 Å². The number of aliphatic hydroxyl groups is 1. The first-order valence-electron chi connectivity index (χ1n) is 7.51. The molecule has 2 rings (SSSR count). The summed E-state index contributed by atoms with van der Waals surface area (Å²) in [6.07, 6.45) is -5.26. The van der Waals surface area contributed by atoms with Crippen LogP contribution in [0.4, 0.5) is 18.9 Å². The van der Waals surface area contributed by atoms with Crippen LogP contribution in [0, 0.1) is 0 Å². The number of esters is 1. The van der Waals surface area contributed by atoms with E-state index in [1.807, 2.05) is 0 Å². The molecule has 0 aliphatic heterocycles. The zero-order chi connectivity index (χ0) is 19.5. The van der Waals surface area contributed by atoms with Gasteiger partial charge in [-0.05, 0) is 30.5 Å². The molecule has 1 amide bonds. The highest BCUT2D eigenvalue weighted by molar-refractivity contribution is 7.12. The van der Waals surface area contributed by atoms with Crippen LogP contribution in [0.15, 0.2) is 41.8 Å². The molecule has 0 aliphatic rings. The van der Waals surface area contributed by atoms with Gasteiger partial charge < -0.3 is 14.7 Å². The number of anilines is 1. The summed E-state index contributed by atoms with van der Waals surface area (Å²) < 4.78 is 44.3. The van der Waals surface area contributed by atoms with Crippen molar-refractivity contribution < 1.29 is 32.6 Å². The molecular weight excluding hydrogens is 371 g/mol. The van der Waals surface area contributed by atoms with E-state index in [9.17, 15) is 27.9 Å². The van der Waals surface area contributed by atoms with Crippen LogP contribution in [0.2, 0.25) is 0 Å². The number of nitrogens with zero attached hydrogens (tertiary/aromatic N) is 1. The fraction of sp³-hybridized carbons (Fsp3) is 0.294. The number of halogens is 3. The summed E-state index contributed by atoms with van der Waals surface area (Å²) in [5, 5.41) is 11.8. The lowest BCUT2D eigenvalue weighted by atomic mass is 9.93. The van der Waals surface area contributed by atoms with Crippen LogP contribution >= 0.6 is 11.3 Å². The summed E-state index contributed by atoms with van der Waals surface area (Å²) in [5.74, 6) is -2.13. The Balaban J connectivity index is 2.34. The summed E-state index contributed by atoms with van der Waals surface area (Å²) in [4.78, 5) is 25.7. The van der Waals surface area contributed by atoms with Crippen molar-refractivity contribution in [1.82, 2.24) is 0 Å². The van der Waals surface area contributed by atoms with Gasteiger partial charge in [-0.1, -0.05) is 18.2 Å². The normalized spacial score (nSPS) is 13.8. The Bertz CT molecular complexity index is 774. The van der Waals surface area contributed by atoms with Gasteiger partial charge in [0.05, 0.1) is 11.5 Å². The van der Waals surface area contributed by atoms with E-state index in [0.29, 0.717) is 10.6 Å². The Morgan fingerprint density at radius 2 is 1.81 bits per heavy atom. The predicted octanol–water partition coefficient (Wildman–Crippen LogP) is 3.34. The molecule has 1 aromatic heterocycles. The van der Waals surface area contributed by atoms with Gasteiger partial charge in [0.2, 0.25) is 0 Å². The molecule has 0 bridgehead atoms. The standard InChI is InChI=1S/C17H16F3NO4S/c1-3-25-15(23)16(24,17(18,19)20)11-6-8-12(9-7-11)21(2)14(22)13-5-4-10-26-13/h4-10,24H,3H2,1-2H3/t16-/m0/s1. The lowest BCUT2D eigenvalue weighted by Gasteiger charge is -2.28. The fourth-order valence-electron chi connectivity index (χ4n) is 2.24. The third kappa shape index (κ3) is 3.58. The van der Waals surface area contributed by atoms with Crippen molar-refractivity contribution in [2.24, 2.45) is 0 Å². The van der Waals surface area contributed by atoms with Gasteiger partial charge in [0.1, 0.15) is 0 Å². The molecule has 1 heterocycles. The summed E-state index contributed by atoms with van der Waals surface area (Å²) in [5.41, 5.74) is -4.16. The van der Waals surface area contributed by atoms with E-state index in [2.05, 4.69) is 4.74 Å². The molecule has 0 fully saturated rings. The number of benzene rings is 1. The van der Waals surface area contributed by atoms with Gasteiger partial charge in [0.15, 0.2) is 0 Å². The average molecular weight is 387 g/mol. The van der Waals surface area contributed by atoms with Gasteiger partial charge in [-0.2, -0.15) is 13.2 Å². The maximum atomic E-state index is 13.3. The van der Waals surface area contributed by atoms with Crippen molar-refractivity contribution >= 4 is 28.9 Å². The monoisotopic (exact) mass is 387 g/mol. The molecule has 0 radical (unpaired) electrons. The van der Waals surface area contributed by atoms with Gasteiger partial charge in [0.25, 0.3) is 11.5 Å². The number of alkyl halides is 3. The maximum absolute atomic E-state index is 13.3. The molecule has 0 saturated heterocycles. The molecule has 26 heavy (non-hydrogen) atoms. The first-order chi connectivity index (χ1) is 12.1. The van der Waals surface area contributed by atoms with Gasteiger partial charge >= 0.3 is 12.1 Å². The second-order valence-electron chi connectivity index (χ2n) is 5.32. The van der Waals surface area contributed by atoms with E-state index >= 15 is 0 Å². The van der Waals surface area contributed by atoms with Gasteiger partial charge in [-0.15, -0.1) is 11.3 Å². The minimum absolute atomic E-state index is 0.306. The summed E-state index contributed by atoms with van der Waals surface area (Å²) in [7, 11) is 1.47. The zero-order valence-electron chi connectivity index (χ0n) is 13.9. The van der Waals surface area contributed by atoms with Crippen LogP contribution in [0.25, 0.3) is 0 Å². The van der Waals surface area contributed by atoms with E-state index in [-0.39, 0.29) is 12.5 Å². The van der Waals surface area contributed by atoms with Crippen molar-refractivity contribution in [2.45, 2.75) is 18.7 Å². The summed E-state index contributed by atoms with van der Waals surface area (Å²) >= 11 is 1.23. The van der Waals surface area contributed by atoms with Crippen molar-refractivity contribution in [1.29, 1.82) is 0 Å². The van der Waals surface area contributed by atoms with Crippen LogP contribution in [0.3, 0.4) is 0 Å². The smallest absolute Gasteiger partial charge is 0.432 e. The highest BCUT2D eigenvalue weighted by atomic mass is 32.1. The zero-order valence-corrected chi connectivity index (χ0v) is 14.7. The number of amides is 1. The molecule has 1 N–H and O–H groups in total. The Kier molecular flexibility index (Phi) is 5.72. The number of carbonyl (C=O) groups excluding carboxylic acids is 2. The lowest BCUT2D eigenvalue weighted by molar-refractivity contribution is -0.267. The molecule has 0 spiro atoms. The van der Waals surface area contributed by atoms with E-state index in [0.717, 1.165) is 12.1 Å². The summed E-state index contributed by atoms with van der Waals surface area (Å²) in [6.45, 7) is 1.02. The molecule has 2 aromatic rings. The molecule has 0 saturated carbocycles. The van der Waals surface area contributed by atoms with Crippen molar-refractivity contribution in [2.75, 3.05) is 18.6 Å². The van der Waals surface area contributed by atoms with Crippen molar-refractivity contribution in [3.63, 3.8) is 0 Å². The van der Waals surface area contributed by atoms with Crippen molar-refractivity contribution in [3.05, 3.63) is 52.2 Å². The van der Waals surface area contributed by atoms with Crippen LogP contribution < -0.4 is 4.90 Å². The number of rotatable bonds is 5. The third-order valence-corrected chi connectivity index (χ3v) is 4.55. The minimum atomic E-state index is -5.26. The van der Waals surface area contributed by atoms with Gasteiger partial charge in [0, 0.05) is 18.3 Å². The molecule has 0 aliphatic carbocycles. The van der Waals surface area contributed by atoms with E-state index in [4.69, 9.17) is 0 Å². The van der Waals surface area contributed by atoms with Gasteiger partial charge in [-0.25, -0.2) is 4.79 Å². The number of carbonyl (C=O) groups is 2. The largest absolute Gasteiger partial charge is 0.463 e. The molecule has 140 valence electrons. The van der Waals surface area contributed by atoms with Crippen LogP contribution in [0.5, 0.6) is 0 Å². The number of hydrogen-bond donors (Lipinski definition) is 1. The highest BCUT2D eigenvalue weighted by Crippen LogP contribution is 2.40. The van der Waals surface area contributed by atoms with E-state index in [1.165, 1.54) is 42.3 Å². The molecule has 1 aromatic carbocycles. The van der Waals surface area contributed by atoms with Crippen molar-refractivity contribution in [3.8, 4) is 0 Å². The highest BCUT2D eigenvalue weighted by Gasteiger charge is 2.62. The summed E-state index contributed by atoms with van der Waals surface area (Å²) in [6, 6.07) is 7.65. The Morgan fingerprint density at radius 1 is 1.19 bits per heavy atom. The maximum Gasteiger partial charge on any atom is 0.432 e. The average Bonchev–Trinajstić information content (AvgIpc) is 3.13. The Morgan fingerprint density at radius 3 is 2.27 bits per heavy atom. The number of thiophene rings is 1. The molecular formula is C17H16F3NO4S. The SMILES string of the molecule is CCOC(=O)[C@@](O)(c1ccc(N(C)C(=O)c2cccs2)cc1)C(F)(F)F. The second-order valence-corrected chi connectivity index (χ2v) is 6.26. The third-order valence-electron chi connectivity index (χ3n) is 3.69. The quantitative estimate of drug-likeness (QED) is 0.800. The lowest BCUT2D eigenvalue weighted by Crippen LogP contribution is -2.50.